The van der Waals surface area contributed by atoms with E-state index >= 15 is 0 Å². The molecule has 7 nitrogen and oxygen atoms in total. The molecule has 0 unspecified atom stereocenters. The summed E-state index contributed by atoms with van der Waals surface area (Å²) in [5.74, 6) is -0.701. The molecule has 0 atom stereocenters. The van der Waals surface area contributed by atoms with E-state index in [1.54, 1.807) is 0 Å². The van der Waals surface area contributed by atoms with Crippen LogP contribution in [-0.4, -0.2) is 22.8 Å². The number of benzene rings is 1. The third-order valence-corrected chi connectivity index (χ3v) is 4.25. The first-order valence-corrected chi connectivity index (χ1v) is 8.74. The van der Waals surface area contributed by atoms with Crippen molar-refractivity contribution in [3.05, 3.63) is 46.5 Å². The van der Waals surface area contributed by atoms with Crippen LogP contribution in [0.25, 0.3) is 0 Å². The summed E-state index contributed by atoms with van der Waals surface area (Å²) in [4.78, 5) is 26.8. The van der Waals surface area contributed by atoms with Gasteiger partial charge in [-0.3, -0.25) is 20.3 Å². The lowest BCUT2D eigenvalue weighted by atomic mass is 10.0. The van der Waals surface area contributed by atoms with Crippen LogP contribution in [0.4, 0.5) is 5.13 Å². The zero-order chi connectivity index (χ0) is 18.2. The Labute approximate surface area is 150 Å². The number of hydrogen-bond acceptors (Lipinski definition) is 5. The third kappa shape index (κ3) is 6.72. The van der Waals surface area contributed by atoms with Crippen LogP contribution in [0.15, 0.2) is 29.6 Å². The molecule has 0 fully saturated rings. The number of carbonyl (C=O) groups is 2. The second-order valence-corrected chi connectivity index (χ2v) is 6.46. The van der Waals surface area contributed by atoms with Crippen molar-refractivity contribution in [3.63, 3.8) is 0 Å². The normalized spacial score (nSPS) is 10.3. The van der Waals surface area contributed by atoms with Crippen LogP contribution >= 0.6 is 11.3 Å². The van der Waals surface area contributed by atoms with E-state index in [4.69, 9.17) is 11.1 Å². The molecule has 0 aliphatic carbocycles. The summed E-state index contributed by atoms with van der Waals surface area (Å²) in [7, 11) is 0. The molecule has 0 bridgehead atoms. The molecular formula is C17H21N5O2S. The molecule has 0 aliphatic heterocycles. The van der Waals surface area contributed by atoms with Crippen molar-refractivity contribution in [2.75, 3.05) is 5.32 Å². The van der Waals surface area contributed by atoms with Crippen LogP contribution in [0.1, 0.15) is 30.2 Å². The van der Waals surface area contributed by atoms with Gasteiger partial charge in [0.05, 0.1) is 5.69 Å². The number of rotatable bonds is 7. The van der Waals surface area contributed by atoms with E-state index < -0.39 is 0 Å². The lowest BCUT2D eigenvalue weighted by molar-refractivity contribution is -0.119. The molecule has 1 heterocycles. The van der Waals surface area contributed by atoms with Gasteiger partial charge in [0.2, 0.25) is 11.8 Å². The summed E-state index contributed by atoms with van der Waals surface area (Å²) in [5.41, 5.74) is 8.32. The number of nitrogens with two attached hydrogens (primary N) is 1. The molecule has 25 heavy (non-hydrogen) atoms. The van der Waals surface area contributed by atoms with Crippen molar-refractivity contribution in [1.29, 1.82) is 5.41 Å². The molecule has 0 radical (unpaired) electrons. The molecule has 5 N–H and O–H groups in total. The van der Waals surface area contributed by atoms with E-state index in [2.05, 4.69) is 15.6 Å². The highest BCUT2D eigenvalue weighted by molar-refractivity contribution is 7.13. The Morgan fingerprint density at radius 3 is 2.40 bits per heavy atom. The fourth-order valence-corrected chi connectivity index (χ4v) is 3.04. The lowest BCUT2D eigenvalue weighted by Crippen LogP contribution is -2.35. The fourth-order valence-electron chi connectivity index (χ4n) is 2.25. The zero-order valence-electron chi connectivity index (χ0n) is 14.0. The molecule has 2 aromatic rings. The Kier molecular flexibility index (Phi) is 6.64. The summed E-state index contributed by atoms with van der Waals surface area (Å²) < 4.78 is 0. The molecule has 0 saturated carbocycles. The highest BCUT2D eigenvalue weighted by atomic mass is 32.1. The molecule has 1 aromatic heterocycles. The number of nitrogens with zero attached hydrogens (tertiary/aromatic N) is 1. The SMILES string of the molecule is CC(=O)Nc1nc(CCc2ccc(CCC(=O)NC(=N)N)cc2)cs1. The average Bonchev–Trinajstić information content (AvgIpc) is 2.98. The van der Waals surface area contributed by atoms with Gasteiger partial charge >= 0.3 is 0 Å². The van der Waals surface area contributed by atoms with Gasteiger partial charge in [-0.15, -0.1) is 11.3 Å². The van der Waals surface area contributed by atoms with Crippen LogP contribution in [-0.2, 0) is 28.9 Å². The van der Waals surface area contributed by atoms with E-state index in [0.29, 0.717) is 18.0 Å². The number of nitrogens with one attached hydrogen (secondary N) is 3. The molecule has 8 heteroatoms. The van der Waals surface area contributed by atoms with E-state index in [1.807, 2.05) is 29.6 Å². The van der Waals surface area contributed by atoms with Gasteiger partial charge in [0, 0.05) is 18.7 Å². The van der Waals surface area contributed by atoms with E-state index in [0.717, 1.165) is 24.1 Å². The van der Waals surface area contributed by atoms with Gasteiger partial charge in [0.1, 0.15) is 0 Å². The first-order chi connectivity index (χ1) is 11.9. The number of aromatic nitrogens is 1. The Morgan fingerprint density at radius 2 is 1.80 bits per heavy atom. The van der Waals surface area contributed by atoms with Crippen molar-refractivity contribution in [1.82, 2.24) is 10.3 Å². The van der Waals surface area contributed by atoms with Crippen LogP contribution < -0.4 is 16.4 Å². The largest absolute Gasteiger partial charge is 0.370 e. The maximum absolute atomic E-state index is 11.5. The predicted molar refractivity (Wildman–Crippen MR) is 98.6 cm³/mol. The molecule has 0 aliphatic rings. The Balaban J connectivity index is 1.80. The van der Waals surface area contributed by atoms with Gasteiger partial charge in [-0.1, -0.05) is 24.3 Å². The zero-order valence-corrected chi connectivity index (χ0v) is 14.8. The molecule has 132 valence electrons. The maximum Gasteiger partial charge on any atom is 0.226 e. The number of carbonyl (C=O) groups excluding carboxylic acids is 2. The van der Waals surface area contributed by atoms with Gasteiger partial charge in [-0.2, -0.15) is 0 Å². The van der Waals surface area contributed by atoms with Crippen molar-refractivity contribution in [2.45, 2.75) is 32.6 Å². The van der Waals surface area contributed by atoms with Crippen molar-refractivity contribution >= 4 is 34.2 Å². The smallest absolute Gasteiger partial charge is 0.226 e. The van der Waals surface area contributed by atoms with Gasteiger partial charge in [0.15, 0.2) is 11.1 Å². The maximum atomic E-state index is 11.5. The predicted octanol–water partition coefficient (Wildman–Crippen LogP) is 1.83. The second kappa shape index (κ2) is 8.93. The number of amides is 2. The van der Waals surface area contributed by atoms with Crippen LogP contribution in [0.3, 0.4) is 0 Å². The van der Waals surface area contributed by atoms with Gasteiger partial charge in [-0.25, -0.2) is 4.98 Å². The first-order valence-electron chi connectivity index (χ1n) is 7.86. The fraction of sp³-hybridized carbons (Fsp3) is 0.294. The number of thiazole rings is 1. The number of anilines is 1. The van der Waals surface area contributed by atoms with Gasteiger partial charge in [-0.05, 0) is 30.4 Å². The molecule has 1 aromatic carbocycles. The average molecular weight is 359 g/mol. The molecule has 0 saturated heterocycles. The van der Waals surface area contributed by atoms with Crippen LogP contribution in [0, 0.1) is 5.41 Å². The van der Waals surface area contributed by atoms with Crippen LogP contribution in [0.2, 0.25) is 0 Å². The van der Waals surface area contributed by atoms with Crippen LogP contribution in [0.5, 0.6) is 0 Å². The van der Waals surface area contributed by atoms with Crippen molar-refractivity contribution in [3.8, 4) is 0 Å². The first kappa shape index (κ1) is 18.6. The monoisotopic (exact) mass is 359 g/mol. The summed E-state index contributed by atoms with van der Waals surface area (Å²) in [6.07, 6.45) is 2.56. The highest BCUT2D eigenvalue weighted by Crippen LogP contribution is 2.17. The Morgan fingerprint density at radius 1 is 1.16 bits per heavy atom. The minimum atomic E-state index is -0.330. The third-order valence-electron chi connectivity index (χ3n) is 3.44. The summed E-state index contributed by atoms with van der Waals surface area (Å²) in [6.45, 7) is 1.46. The molecule has 0 spiro atoms. The Hall–Kier alpha value is -2.74. The van der Waals surface area contributed by atoms with Gasteiger partial charge in [0.25, 0.3) is 0 Å². The summed E-state index contributed by atoms with van der Waals surface area (Å²) in [6, 6.07) is 8.08. The summed E-state index contributed by atoms with van der Waals surface area (Å²) >= 11 is 1.42. The number of aryl methyl sites for hydroxylation is 3. The van der Waals surface area contributed by atoms with E-state index in [1.165, 1.54) is 23.8 Å². The molecule has 2 rings (SSSR count). The lowest BCUT2D eigenvalue weighted by Gasteiger charge is -2.05. The Bertz CT molecular complexity index is 755. The highest BCUT2D eigenvalue weighted by Gasteiger charge is 2.05. The number of guanidine groups is 1. The van der Waals surface area contributed by atoms with E-state index in [-0.39, 0.29) is 17.8 Å². The minimum absolute atomic E-state index is 0.117. The van der Waals surface area contributed by atoms with E-state index in [9.17, 15) is 9.59 Å². The molecular weight excluding hydrogens is 338 g/mol. The number of hydrogen-bond donors (Lipinski definition) is 4. The van der Waals surface area contributed by atoms with Gasteiger partial charge < -0.3 is 11.1 Å². The quantitative estimate of drug-likeness (QED) is 0.445. The standard InChI is InChI=1S/C17H21N5O2S/c1-11(23)20-17-21-14(10-25-17)8-6-12-2-4-13(5-3-12)7-9-15(24)22-16(18)19/h2-5,10H,6-9H2,1H3,(H,20,21,23)(H4,18,19,22,24). The molecule has 2 amide bonds. The summed E-state index contributed by atoms with van der Waals surface area (Å²) in [5, 5.41) is 14.5. The topological polar surface area (TPSA) is 121 Å². The second-order valence-electron chi connectivity index (χ2n) is 5.60. The van der Waals surface area contributed by atoms with Crippen molar-refractivity contribution in [2.24, 2.45) is 5.73 Å². The van der Waals surface area contributed by atoms with Crippen molar-refractivity contribution < 1.29 is 9.59 Å². The minimum Gasteiger partial charge on any atom is -0.370 e.